The Morgan fingerprint density at radius 1 is 1.21 bits per heavy atom. The highest BCUT2D eigenvalue weighted by Gasteiger charge is 2.25. The van der Waals surface area contributed by atoms with E-state index in [-0.39, 0.29) is 11.3 Å². The van der Waals surface area contributed by atoms with Crippen molar-refractivity contribution < 1.29 is 13.8 Å². The molecule has 0 bridgehead atoms. The quantitative estimate of drug-likeness (QED) is 0.844. The average Bonchev–Trinajstić information content (AvgIpc) is 3.15. The molecule has 24 heavy (non-hydrogen) atoms. The third kappa shape index (κ3) is 3.81. The second kappa shape index (κ2) is 6.72. The van der Waals surface area contributed by atoms with Crippen LogP contribution in [0.25, 0.3) is 0 Å². The molecule has 1 amide bonds. The molecule has 2 aromatic heterocycles. The second-order valence-electron chi connectivity index (χ2n) is 7.07. The van der Waals surface area contributed by atoms with Crippen molar-refractivity contribution in [2.24, 2.45) is 0 Å². The Labute approximate surface area is 140 Å². The molecule has 0 atom stereocenters. The molecule has 3 heterocycles. The van der Waals surface area contributed by atoms with Gasteiger partial charge in [0, 0.05) is 37.7 Å². The molecule has 1 fully saturated rings. The zero-order valence-corrected chi connectivity index (χ0v) is 14.4. The third-order valence-electron chi connectivity index (χ3n) is 4.01. The average molecular weight is 333 g/mol. The minimum Gasteiger partial charge on any atom is -0.364 e. The van der Waals surface area contributed by atoms with Gasteiger partial charge in [0.2, 0.25) is 5.89 Å². The van der Waals surface area contributed by atoms with Gasteiger partial charge in [0.05, 0.1) is 6.54 Å². The zero-order valence-electron chi connectivity index (χ0n) is 14.4. The summed E-state index contributed by atoms with van der Waals surface area (Å²) in [5, 5.41) is 7.79. The van der Waals surface area contributed by atoms with E-state index in [0.717, 1.165) is 19.5 Å². The summed E-state index contributed by atoms with van der Waals surface area (Å²) < 4.78 is 10.1. The largest absolute Gasteiger partial charge is 0.364 e. The Balaban J connectivity index is 1.58. The van der Waals surface area contributed by atoms with E-state index in [1.165, 1.54) is 6.26 Å². The van der Waals surface area contributed by atoms with E-state index in [1.807, 2.05) is 25.7 Å². The monoisotopic (exact) mass is 333 g/mol. The third-order valence-corrected chi connectivity index (χ3v) is 4.01. The van der Waals surface area contributed by atoms with Crippen LogP contribution in [0.4, 0.5) is 0 Å². The van der Waals surface area contributed by atoms with Crippen molar-refractivity contribution >= 4 is 5.91 Å². The molecule has 3 rings (SSSR count). The molecule has 8 heteroatoms. The molecule has 0 aliphatic carbocycles. The fourth-order valence-corrected chi connectivity index (χ4v) is 2.64. The van der Waals surface area contributed by atoms with Crippen LogP contribution in [0.3, 0.4) is 0 Å². The van der Waals surface area contributed by atoms with Crippen LogP contribution >= 0.6 is 0 Å². The van der Waals surface area contributed by atoms with Crippen LogP contribution in [0.2, 0.25) is 0 Å². The lowest BCUT2D eigenvalue weighted by molar-refractivity contribution is 0.0750. The van der Waals surface area contributed by atoms with Crippen LogP contribution < -0.4 is 0 Å². The molecule has 2 aromatic rings. The van der Waals surface area contributed by atoms with E-state index < -0.39 is 0 Å². The molecule has 1 saturated heterocycles. The lowest BCUT2D eigenvalue weighted by atomic mass is 9.97. The van der Waals surface area contributed by atoms with Gasteiger partial charge < -0.3 is 13.9 Å². The number of hydrogen-bond acceptors (Lipinski definition) is 7. The molecule has 0 N–H and O–H groups in total. The van der Waals surface area contributed by atoms with E-state index in [2.05, 4.69) is 20.2 Å². The number of nitrogens with zero attached hydrogens (tertiary/aromatic N) is 5. The summed E-state index contributed by atoms with van der Waals surface area (Å²) in [5.41, 5.74) is 0.210. The Morgan fingerprint density at radius 3 is 2.71 bits per heavy atom. The van der Waals surface area contributed by atoms with Gasteiger partial charge in [-0.15, -0.1) is 0 Å². The summed E-state index contributed by atoms with van der Waals surface area (Å²) in [6, 6.07) is 1.60. The predicted molar refractivity (Wildman–Crippen MR) is 85.3 cm³/mol. The van der Waals surface area contributed by atoms with E-state index >= 15 is 0 Å². The smallest absolute Gasteiger partial charge is 0.276 e. The number of carbonyl (C=O) groups is 1. The molecular formula is C16H23N5O3. The van der Waals surface area contributed by atoms with Crippen molar-refractivity contribution in [1.82, 2.24) is 25.1 Å². The number of carbonyl (C=O) groups excluding carboxylic acids is 1. The summed E-state index contributed by atoms with van der Waals surface area (Å²) >= 11 is 0. The molecule has 0 saturated carbocycles. The summed E-state index contributed by atoms with van der Waals surface area (Å²) in [6.45, 7) is 9.78. The van der Waals surface area contributed by atoms with Gasteiger partial charge in [-0.1, -0.05) is 31.1 Å². The summed E-state index contributed by atoms with van der Waals surface area (Å²) in [4.78, 5) is 20.9. The van der Waals surface area contributed by atoms with E-state index in [9.17, 15) is 4.79 Å². The first-order valence-electron chi connectivity index (χ1n) is 8.18. The first kappa shape index (κ1) is 16.6. The van der Waals surface area contributed by atoms with Crippen LogP contribution in [-0.2, 0) is 12.0 Å². The van der Waals surface area contributed by atoms with Gasteiger partial charge in [-0.3, -0.25) is 9.69 Å². The molecule has 8 nitrogen and oxygen atoms in total. The second-order valence-corrected chi connectivity index (χ2v) is 7.07. The van der Waals surface area contributed by atoms with Crippen LogP contribution in [0.15, 0.2) is 21.4 Å². The van der Waals surface area contributed by atoms with Crippen LogP contribution in [0.5, 0.6) is 0 Å². The minimum atomic E-state index is -0.148. The molecule has 0 unspecified atom stereocenters. The molecule has 1 aliphatic rings. The lowest BCUT2D eigenvalue weighted by Gasteiger charge is -2.20. The topological polar surface area (TPSA) is 88.5 Å². The Morgan fingerprint density at radius 2 is 2.04 bits per heavy atom. The van der Waals surface area contributed by atoms with Gasteiger partial charge in [-0.2, -0.15) is 4.98 Å². The summed E-state index contributed by atoms with van der Waals surface area (Å²) in [7, 11) is 0. The zero-order chi connectivity index (χ0) is 17.2. The Hall–Kier alpha value is -2.22. The van der Waals surface area contributed by atoms with Crippen molar-refractivity contribution in [2.75, 3.05) is 26.2 Å². The van der Waals surface area contributed by atoms with Crippen molar-refractivity contribution in [2.45, 2.75) is 39.2 Å². The molecule has 0 radical (unpaired) electrons. The predicted octanol–water partition coefficient (Wildman–Crippen LogP) is 1.70. The molecular weight excluding hydrogens is 310 g/mol. The fraction of sp³-hybridized carbons (Fsp3) is 0.625. The normalized spacial score (nSPS) is 17.0. The van der Waals surface area contributed by atoms with E-state index in [4.69, 9.17) is 9.05 Å². The number of hydrogen-bond donors (Lipinski definition) is 0. The first-order valence-corrected chi connectivity index (χ1v) is 8.18. The maximum atomic E-state index is 12.3. The van der Waals surface area contributed by atoms with Gasteiger partial charge in [0.25, 0.3) is 5.91 Å². The van der Waals surface area contributed by atoms with Crippen LogP contribution in [0.1, 0.15) is 49.4 Å². The first-order chi connectivity index (χ1) is 11.4. The Bertz CT molecular complexity index is 674. The molecule has 0 spiro atoms. The van der Waals surface area contributed by atoms with Gasteiger partial charge in [-0.25, -0.2) is 0 Å². The summed E-state index contributed by atoms with van der Waals surface area (Å²) in [6.07, 6.45) is 2.31. The van der Waals surface area contributed by atoms with Gasteiger partial charge in [0.15, 0.2) is 11.5 Å². The van der Waals surface area contributed by atoms with Gasteiger partial charge >= 0.3 is 0 Å². The van der Waals surface area contributed by atoms with Gasteiger partial charge in [-0.05, 0) is 6.42 Å². The van der Waals surface area contributed by atoms with E-state index in [1.54, 1.807) is 6.07 Å². The maximum absolute atomic E-state index is 12.3. The van der Waals surface area contributed by atoms with Crippen molar-refractivity contribution in [1.29, 1.82) is 0 Å². The highest BCUT2D eigenvalue weighted by molar-refractivity contribution is 5.92. The minimum absolute atomic E-state index is 0.0832. The maximum Gasteiger partial charge on any atom is 0.276 e. The number of rotatable bonds is 3. The summed E-state index contributed by atoms with van der Waals surface area (Å²) in [5.74, 6) is 1.26. The standard InChI is InChI=1S/C16H23N5O3/c1-16(2,3)15-17-13(19-24-15)11-20-6-4-7-21(9-8-20)14(22)12-5-10-23-18-12/h5,10H,4,6-9,11H2,1-3H3. The van der Waals surface area contributed by atoms with E-state index in [0.29, 0.717) is 37.0 Å². The fourth-order valence-electron chi connectivity index (χ4n) is 2.64. The van der Waals surface area contributed by atoms with Gasteiger partial charge in [0.1, 0.15) is 6.26 Å². The van der Waals surface area contributed by atoms with Crippen LogP contribution in [0, 0.1) is 0 Å². The number of amides is 1. The van der Waals surface area contributed by atoms with Crippen molar-refractivity contribution in [3.05, 3.63) is 29.7 Å². The van der Waals surface area contributed by atoms with Crippen molar-refractivity contribution in [3.8, 4) is 0 Å². The van der Waals surface area contributed by atoms with Crippen LogP contribution in [-0.4, -0.2) is 57.2 Å². The SMILES string of the molecule is CC(C)(C)c1nc(CN2CCCN(C(=O)c3ccon3)CC2)no1. The molecule has 130 valence electrons. The molecule has 0 aromatic carbocycles. The number of aromatic nitrogens is 3. The highest BCUT2D eigenvalue weighted by Crippen LogP contribution is 2.20. The molecule has 1 aliphatic heterocycles. The Kier molecular flexibility index (Phi) is 4.66. The highest BCUT2D eigenvalue weighted by atomic mass is 16.5. The van der Waals surface area contributed by atoms with Crippen molar-refractivity contribution in [3.63, 3.8) is 0 Å². The lowest BCUT2D eigenvalue weighted by Crippen LogP contribution is -2.35.